The van der Waals surface area contributed by atoms with E-state index in [0.717, 1.165) is 11.3 Å². The van der Waals surface area contributed by atoms with Crippen LogP contribution in [0.3, 0.4) is 0 Å². The van der Waals surface area contributed by atoms with Crippen molar-refractivity contribution < 1.29 is 38.5 Å². The highest BCUT2D eigenvalue weighted by Crippen LogP contribution is 2.05. The summed E-state index contributed by atoms with van der Waals surface area (Å²) in [6, 6.07) is 9.62. The van der Waals surface area contributed by atoms with Crippen molar-refractivity contribution in [2.45, 2.75) is 6.61 Å². The lowest BCUT2D eigenvalue weighted by molar-refractivity contribution is -0.354. The summed E-state index contributed by atoms with van der Waals surface area (Å²) in [5.74, 6) is 0.485. The van der Waals surface area contributed by atoms with Gasteiger partial charge in [0.05, 0.1) is 13.2 Å². The number of aryl methyl sites for hydroxylation is 1. The Morgan fingerprint density at radius 1 is 1.25 bits per heavy atom. The Balaban J connectivity index is 0.00000147. The van der Waals surface area contributed by atoms with Crippen LogP contribution in [0.15, 0.2) is 48.9 Å². The number of ether oxygens (including phenoxy) is 1. The smallest absolute Gasteiger partial charge is 0.373 e. The Kier molecular flexibility index (Phi) is 4.43. The van der Waals surface area contributed by atoms with Crippen LogP contribution in [-0.4, -0.2) is 14.9 Å². The van der Waals surface area contributed by atoms with Crippen LogP contribution in [0.4, 0.5) is 0 Å². The molecule has 0 aliphatic heterocycles. The molecule has 20 heavy (non-hydrogen) atoms. The summed E-state index contributed by atoms with van der Waals surface area (Å²) in [7, 11) is 1.91. The van der Waals surface area contributed by atoms with Crippen LogP contribution < -0.4 is 29.0 Å². The molecule has 0 radical (unpaired) electrons. The monoisotopic (exact) mass is 383 g/mol. The number of carbonyl (C=O) groups excluding carboxylic acids is 1. The summed E-state index contributed by atoms with van der Waals surface area (Å²) in [6.45, 7) is 0.277. The van der Waals surface area contributed by atoms with Gasteiger partial charge in [0, 0.05) is 0 Å². The van der Waals surface area contributed by atoms with Crippen molar-refractivity contribution in [3.63, 3.8) is 0 Å². The second-order valence-electron chi connectivity index (χ2n) is 4.37. The van der Waals surface area contributed by atoms with Crippen molar-refractivity contribution >= 4 is 11.7 Å². The standard InChI is InChI=1S/C14H13N3O2.HI/c1-16-7-8-17-9-12(15-14(16)17)13(18)19-10-11-5-3-2-4-6-11;/h2-9H,10H2,1H3;1H. The summed E-state index contributed by atoms with van der Waals surface area (Å²) in [5.41, 5.74) is 1.42. The highest BCUT2D eigenvalue weighted by molar-refractivity contribution is 5.85. The normalized spacial score (nSPS) is 10.2. The molecule has 0 saturated heterocycles. The van der Waals surface area contributed by atoms with E-state index < -0.39 is 0 Å². The molecule has 0 aliphatic rings. The third-order valence-corrected chi connectivity index (χ3v) is 2.98. The number of rotatable bonds is 3. The van der Waals surface area contributed by atoms with Crippen LogP contribution in [0.2, 0.25) is 0 Å². The average Bonchev–Trinajstić information content (AvgIpc) is 3.00. The van der Waals surface area contributed by atoms with Gasteiger partial charge in [-0.2, -0.15) is 0 Å². The largest absolute Gasteiger partial charge is 1.00 e. The van der Waals surface area contributed by atoms with E-state index in [1.165, 1.54) is 0 Å². The van der Waals surface area contributed by atoms with Crippen LogP contribution in [0.1, 0.15) is 16.1 Å². The summed E-state index contributed by atoms with van der Waals surface area (Å²) in [5, 5.41) is 0. The fraction of sp³-hybridized carbons (Fsp3) is 0.143. The molecule has 0 spiro atoms. The van der Waals surface area contributed by atoms with E-state index in [9.17, 15) is 4.79 Å². The van der Waals surface area contributed by atoms with Crippen molar-refractivity contribution in [2.75, 3.05) is 0 Å². The average molecular weight is 383 g/mol. The maximum absolute atomic E-state index is 11.9. The quantitative estimate of drug-likeness (QED) is 0.407. The molecule has 3 aromatic rings. The molecule has 104 valence electrons. The molecule has 0 aliphatic carbocycles. The zero-order chi connectivity index (χ0) is 13.2. The van der Waals surface area contributed by atoms with Crippen LogP contribution in [0.5, 0.6) is 0 Å². The number of aromatic amines is 1. The minimum atomic E-state index is -0.354. The third kappa shape index (κ3) is 2.84. The Morgan fingerprint density at radius 3 is 2.70 bits per heavy atom. The molecule has 0 bridgehead atoms. The van der Waals surface area contributed by atoms with Crippen molar-refractivity contribution in [2.24, 2.45) is 7.05 Å². The number of benzene rings is 1. The van der Waals surface area contributed by atoms with E-state index in [0.29, 0.717) is 5.69 Å². The minimum absolute atomic E-state index is 0. The van der Waals surface area contributed by atoms with Gasteiger partial charge in [-0.05, 0) is 5.56 Å². The number of aromatic nitrogens is 3. The number of H-pyrrole nitrogens is 1. The summed E-state index contributed by atoms with van der Waals surface area (Å²) >= 11 is 0. The summed E-state index contributed by atoms with van der Waals surface area (Å²) < 4.78 is 9.00. The molecule has 0 fully saturated rings. The molecule has 5 nitrogen and oxygen atoms in total. The van der Waals surface area contributed by atoms with Gasteiger partial charge in [-0.15, -0.1) is 0 Å². The molecular formula is C14H14IN3O2. The zero-order valence-electron chi connectivity index (χ0n) is 10.9. The summed E-state index contributed by atoms with van der Waals surface area (Å²) in [6.07, 6.45) is 5.51. The molecule has 2 heterocycles. The first-order valence-corrected chi connectivity index (χ1v) is 6.00. The molecule has 1 N–H and O–H groups in total. The van der Waals surface area contributed by atoms with Gasteiger partial charge in [0.1, 0.15) is 19.0 Å². The number of nitrogens with zero attached hydrogens (tertiary/aromatic N) is 2. The third-order valence-electron chi connectivity index (χ3n) is 2.98. The fourth-order valence-electron chi connectivity index (χ4n) is 1.95. The van der Waals surface area contributed by atoms with Crippen LogP contribution in [-0.2, 0) is 18.4 Å². The number of halogens is 1. The number of hydrogen-bond acceptors (Lipinski definition) is 2. The van der Waals surface area contributed by atoms with Crippen LogP contribution in [0.25, 0.3) is 5.78 Å². The maximum Gasteiger partial charge on any atom is 0.373 e. The lowest BCUT2D eigenvalue weighted by Crippen LogP contribution is -3.00. The lowest BCUT2D eigenvalue weighted by atomic mass is 10.2. The number of hydrogen-bond donors (Lipinski definition) is 0. The van der Waals surface area contributed by atoms with Gasteiger partial charge in [0.15, 0.2) is 0 Å². The molecule has 0 saturated carbocycles. The molecule has 3 rings (SSSR count). The van der Waals surface area contributed by atoms with Gasteiger partial charge in [-0.25, -0.2) is 18.7 Å². The zero-order valence-corrected chi connectivity index (χ0v) is 13.1. The first-order chi connectivity index (χ1) is 9.24. The number of nitrogens with one attached hydrogen (secondary N) is 1. The maximum atomic E-state index is 11.9. The highest BCUT2D eigenvalue weighted by atomic mass is 127. The van der Waals surface area contributed by atoms with Gasteiger partial charge in [0.2, 0.25) is 5.69 Å². The van der Waals surface area contributed by atoms with Crippen molar-refractivity contribution in [1.82, 2.24) is 8.97 Å². The molecule has 0 atom stereocenters. The number of esters is 1. The second-order valence-corrected chi connectivity index (χ2v) is 4.37. The van der Waals surface area contributed by atoms with E-state index >= 15 is 0 Å². The lowest BCUT2D eigenvalue weighted by Gasteiger charge is -2.01. The summed E-state index contributed by atoms with van der Waals surface area (Å²) in [4.78, 5) is 15.0. The molecule has 0 amide bonds. The minimum Gasteiger partial charge on any atom is -1.00 e. The first kappa shape index (κ1) is 14.6. The van der Waals surface area contributed by atoms with Gasteiger partial charge in [-0.3, -0.25) is 0 Å². The first-order valence-electron chi connectivity index (χ1n) is 6.00. The SMILES string of the molecule is Cn1ccn2cc(C(=O)OCc3ccccc3)[nH+]c12.[I-]. The van der Waals surface area contributed by atoms with Gasteiger partial charge < -0.3 is 28.7 Å². The number of fused-ring (bicyclic) bond motifs is 1. The van der Waals surface area contributed by atoms with E-state index in [1.54, 1.807) is 6.20 Å². The molecule has 0 unspecified atom stereocenters. The van der Waals surface area contributed by atoms with Gasteiger partial charge in [-0.1, -0.05) is 30.3 Å². The fourth-order valence-corrected chi connectivity index (χ4v) is 1.95. The van der Waals surface area contributed by atoms with E-state index in [4.69, 9.17) is 4.74 Å². The number of carbonyl (C=O) groups is 1. The molecule has 2 aromatic heterocycles. The topological polar surface area (TPSA) is 49.8 Å². The highest BCUT2D eigenvalue weighted by Gasteiger charge is 2.18. The second kappa shape index (κ2) is 6.08. The van der Waals surface area contributed by atoms with Crippen molar-refractivity contribution in [3.8, 4) is 0 Å². The van der Waals surface area contributed by atoms with Crippen molar-refractivity contribution in [3.05, 3.63) is 60.2 Å². The molecule has 6 heteroatoms. The molecular weight excluding hydrogens is 369 g/mol. The van der Waals surface area contributed by atoms with E-state index in [1.807, 2.05) is 58.7 Å². The van der Waals surface area contributed by atoms with Crippen molar-refractivity contribution in [1.29, 1.82) is 0 Å². The van der Waals surface area contributed by atoms with Crippen LogP contribution in [0, 0.1) is 0 Å². The Morgan fingerprint density at radius 2 is 2.00 bits per heavy atom. The number of imidazole rings is 2. The van der Waals surface area contributed by atoms with Crippen LogP contribution >= 0.6 is 0 Å². The van der Waals surface area contributed by atoms with Gasteiger partial charge >= 0.3 is 11.7 Å². The Hall–Kier alpha value is -1.83. The molecule has 1 aromatic carbocycles. The Labute approximate surface area is 133 Å². The predicted octanol–water partition coefficient (Wildman–Crippen LogP) is -1.55. The van der Waals surface area contributed by atoms with E-state index in [-0.39, 0.29) is 36.6 Å². The van der Waals surface area contributed by atoms with Gasteiger partial charge in [0.25, 0.3) is 0 Å². The van der Waals surface area contributed by atoms with E-state index in [2.05, 4.69) is 4.98 Å². The predicted molar refractivity (Wildman–Crippen MR) is 68.5 cm³/mol. The Bertz CT molecular complexity index is 718.